The first kappa shape index (κ1) is 9.18. The summed E-state index contributed by atoms with van der Waals surface area (Å²) in [6.45, 7) is 2.72. The van der Waals surface area contributed by atoms with Gasteiger partial charge in [0.05, 0.1) is 15.6 Å². The Kier molecular flexibility index (Phi) is 2.40. The highest BCUT2D eigenvalue weighted by Gasteiger charge is 2.22. The van der Waals surface area contributed by atoms with Gasteiger partial charge in [-0.05, 0) is 48.3 Å². The summed E-state index contributed by atoms with van der Waals surface area (Å²) in [6, 6.07) is 0. The summed E-state index contributed by atoms with van der Waals surface area (Å²) in [7, 11) is 0. The van der Waals surface area contributed by atoms with E-state index in [4.69, 9.17) is 0 Å². The number of aromatic nitrogens is 2. The van der Waals surface area contributed by atoms with Crippen LogP contribution in [0.2, 0.25) is 0 Å². The molecule has 0 radical (unpaired) electrons. The lowest BCUT2D eigenvalue weighted by Gasteiger charge is -2.04. The number of aryl methyl sites for hydroxylation is 1. The second-order valence-corrected chi connectivity index (χ2v) is 4.62. The topological polar surface area (TPSA) is 34.9 Å². The van der Waals surface area contributed by atoms with Crippen LogP contribution in [0, 0.1) is 16.4 Å². The summed E-state index contributed by atoms with van der Waals surface area (Å²) in [6.07, 6.45) is 4.19. The Balaban J connectivity index is 2.35. The number of hydrogen-bond acceptors (Lipinski definition) is 2. The Bertz CT molecular complexity index is 382. The molecule has 0 atom stereocenters. The minimum absolute atomic E-state index is 0.111. The van der Waals surface area contributed by atoms with Crippen molar-refractivity contribution in [1.82, 2.24) is 9.55 Å². The van der Waals surface area contributed by atoms with Crippen molar-refractivity contribution in [2.75, 3.05) is 0 Å². The van der Waals surface area contributed by atoms with E-state index in [0.717, 1.165) is 21.7 Å². The molecular formula is C9H11IN2O. The molecule has 4 heteroatoms. The summed E-state index contributed by atoms with van der Waals surface area (Å²) in [5.74, 6) is 0.720. The molecule has 0 N–H and O–H groups in total. The minimum Gasteiger partial charge on any atom is -0.298 e. The molecule has 0 aliphatic heterocycles. The zero-order valence-corrected chi connectivity index (χ0v) is 9.61. The molecule has 2 rings (SSSR count). The quantitative estimate of drug-likeness (QED) is 0.775. The van der Waals surface area contributed by atoms with E-state index in [2.05, 4.69) is 27.6 Å². The van der Waals surface area contributed by atoms with E-state index in [-0.39, 0.29) is 5.56 Å². The van der Waals surface area contributed by atoms with Gasteiger partial charge in [-0.2, -0.15) is 0 Å². The van der Waals surface area contributed by atoms with Crippen LogP contribution in [0.15, 0.2) is 11.1 Å². The summed E-state index contributed by atoms with van der Waals surface area (Å²) >= 11 is 2.07. The van der Waals surface area contributed by atoms with Gasteiger partial charge >= 0.3 is 0 Å². The number of rotatable bonds is 2. The van der Waals surface area contributed by atoms with Gasteiger partial charge in [0.1, 0.15) is 0 Å². The van der Waals surface area contributed by atoms with Crippen LogP contribution in [0.5, 0.6) is 0 Å². The van der Waals surface area contributed by atoms with Gasteiger partial charge in [0, 0.05) is 6.54 Å². The Morgan fingerprint density at radius 3 is 3.00 bits per heavy atom. The van der Waals surface area contributed by atoms with Crippen LogP contribution in [0.3, 0.4) is 0 Å². The van der Waals surface area contributed by atoms with Gasteiger partial charge in [-0.15, -0.1) is 0 Å². The van der Waals surface area contributed by atoms with E-state index in [1.54, 1.807) is 10.9 Å². The average Bonchev–Trinajstić information content (AvgIpc) is 2.90. The molecule has 0 spiro atoms. The summed E-state index contributed by atoms with van der Waals surface area (Å²) < 4.78 is 2.48. The zero-order chi connectivity index (χ0) is 9.42. The van der Waals surface area contributed by atoms with Gasteiger partial charge in [-0.25, -0.2) is 4.98 Å². The maximum Gasteiger partial charge on any atom is 0.267 e. The molecule has 0 amide bonds. The van der Waals surface area contributed by atoms with E-state index >= 15 is 0 Å². The van der Waals surface area contributed by atoms with Gasteiger partial charge in [-0.3, -0.25) is 9.36 Å². The Morgan fingerprint density at radius 1 is 1.69 bits per heavy atom. The van der Waals surface area contributed by atoms with Crippen molar-refractivity contribution in [3.63, 3.8) is 0 Å². The van der Waals surface area contributed by atoms with Gasteiger partial charge in [0.25, 0.3) is 5.56 Å². The second-order valence-electron chi connectivity index (χ2n) is 3.54. The van der Waals surface area contributed by atoms with Crippen molar-refractivity contribution in [2.45, 2.75) is 26.3 Å². The SMILES string of the molecule is Cc1ncn(CC2CC2)c(=O)c1I. The molecule has 1 aromatic heterocycles. The smallest absolute Gasteiger partial charge is 0.267 e. The van der Waals surface area contributed by atoms with Gasteiger partial charge < -0.3 is 0 Å². The van der Waals surface area contributed by atoms with Crippen LogP contribution in [0.4, 0.5) is 0 Å². The third kappa shape index (κ3) is 1.92. The highest BCUT2D eigenvalue weighted by molar-refractivity contribution is 14.1. The molecule has 0 unspecified atom stereocenters. The fraction of sp³-hybridized carbons (Fsp3) is 0.556. The molecule has 1 saturated carbocycles. The second kappa shape index (κ2) is 3.40. The number of hydrogen-bond donors (Lipinski definition) is 0. The molecule has 70 valence electrons. The lowest BCUT2D eigenvalue weighted by Crippen LogP contribution is -2.24. The van der Waals surface area contributed by atoms with Crippen LogP contribution in [0.25, 0.3) is 0 Å². The molecule has 1 aliphatic carbocycles. The summed E-state index contributed by atoms with van der Waals surface area (Å²) in [4.78, 5) is 15.8. The Hall–Kier alpha value is -0.390. The number of nitrogens with zero attached hydrogens (tertiary/aromatic N) is 2. The van der Waals surface area contributed by atoms with Gasteiger partial charge in [0.15, 0.2) is 0 Å². The normalized spacial score (nSPS) is 16.2. The third-order valence-electron chi connectivity index (χ3n) is 2.31. The molecule has 1 aliphatic rings. The molecule has 1 heterocycles. The van der Waals surface area contributed by atoms with Crippen molar-refractivity contribution >= 4 is 22.6 Å². The fourth-order valence-electron chi connectivity index (χ4n) is 1.25. The highest BCUT2D eigenvalue weighted by Crippen LogP contribution is 2.29. The largest absolute Gasteiger partial charge is 0.298 e. The molecule has 3 nitrogen and oxygen atoms in total. The molecule has 1 aromatic rings. The maximum absolute atomic E-state index is 11.7. The van der Waals surface area contributed by atoms with E-state index < -0.39 is 0 Å². The van der Waals surface area contributed by atoms with Gasteiger partial charge in [0.2, 0.25) is 0 Å². The lowest BCUT2D eigenvalue weighted by molar-refractivity contribution is 0.591. The summed E-state index contributed by atoms with van der Waals surface area (Å²) in [5, 5.41) is 0. The summed E-state index contributed by atoms with van der Waals surface area (Å²) in [5.41, 5.74) is 0.942. The van der Waals surface area contributed by atoms with Crippen LogP contribution in [-0.2, 0) is 6.54 Å². The van der Waals surface area contributed by atoms with E-state index in [1.807, 2.05) is 6.92 Å². The molecule has 13 heavy (non-hydrogen) atoms. The first-order valence-electron chi connectivity index (χ1n) is 4.40. The van der Waals surface area contributed by atoms with Crippen LogP contribution in [0.1, 0.15) is 18.5 Å². The van der Waals surface area contributed by atoms with Gasteiger partial charge in [-0.1, -0.05) is 0 Å². The predicted octanol–water partition coefficient (Wildman–Crippen LogP) is 1.57. The Labute approximate surface area is 90.3 Å². The predicted molar refractivity (Wildman–Crippen MR) is 58.7 cm³/mol. The van der Waals surface area contributed by atoms with Crippen molar-refractivity contribution < 1.29 is 0 Å². The number of halogens is 1. The van der Waals surface area contributed by atoms with E-state index in [9.17, 15) is 4.79 Å². The first-order chi connectivity index (χ1) is 6.18. The van der Waals surface area contributed by atoms with Crippen molar-refractivity contribution in [1.29, 1.82) is 0 Å². The van der Waals surface area contributed by atoms with Crippen LogP contribution < -0.4 is 5.56 Å². The fourth-order valence-corrected chi connectivity index (χ4v) is 1.70. The molecule has 0 bridgehead atoms. The monoisotopic (exact) mass is 290 g/mol. The highest BCUT2D eigenvalue weighted by atomic mass is 127. The minimum atomic E-state index is 0.111. The third-order valence-corrected chi connectivity index (χ3v) is 3.55. The molecule has 0 saturated heterocycles. The van der Waals surface area contributed by atoms with Crippen molar-refractivity contribution in [3.05, 3.63) is 25.9 Å². The Morgan fingerprint density at radius 2 is 2.38 bits per heavy atom. The molecule has 0 aromatic carbocycles. The molecular weight excluding hydrogens is 279 g/mol. The average molecular weight is 290 g/mol. The van der Waals surface area contributed by atoms with Crippen molar-refractivity contribution in [3.8, 4) is 0 Å². The van der Waals surface area contributed by atoms with Crippen molar-refractivity contribution in [2.24, 2.45) is 5.92 Å². The van der Waals surface area contributed by atoms with E-state index in [1.165, 1.54) is 12.8 Å². The lowest BCUT2D eigenvalue weighted by atomic mass is 10.4. The van der Waals surface area contributed by atoms with Crippen LogP contribution in [-0.4, -0.2) is 9.55 Å². The zero-order valence-electron chi connectivity index (χ0n) is 7.46. The van der Waals surface area contributed by atoms with Crippen LogP contribution >= 0.6 is 22.6 Å². The maximum atomic E-state index is 11.7. The standard InChI is InChI=1S/C9H11IN2O/c1-6-8(10)9(13)12(5-11-6)4-7-2-3-7/h5,7H,2-4H2,1H3. The first-order valence-corrected chi connectivity index (χ1v) is 5.48. The van der Waals surface area contributed by atoms with E-state index in [0.29, 0.717) is 0 Å². The molecule has 1 fully saturated rings.